The minimum absolute atomic E-state index is 0.103. The molecule has 2 nitrogen and oxygen atoms in total. The van der Waals surface area contributed by atoms with Crippen molar-refractivity contribution in [1.82, 2.24) is 5.32 Å². The lowest BCUT2D eigenvalue weighted by atomic mass is 9.81. The van der Waals surface area contributed by atoms with Gasteiger partial charge in [-0.25, -0.2) is 0 Å². The zero-order valence-corrected chi connectivity index (χ0v) is 14.0. The maximum Gasteiger partial charge on any atom is 0.0817 e. The highest BCUT2D eigenvalue weighted by molar-refractivity contribution is 5.25. The Morgan fingerprint density at radius 2 is 1.70 bits per heavy atom. The van der Waals surface area contributed by atoms with Crippen LogP contribution in [0.4, 0.5) is 0 Å². The van der Waals surface area contributed by atoms with Crippen LogP contribution in [0.3, 0.4) is 0 Å². The first-order chi connectivity index (χ1) is 9.40. The highest BCUT2D eigenvalue weighted by atomic mass is 16.5. The average Bonchev–Trinajstić information content (AvgIpc) is 2.38. The molecule has 0 heterocycles. The van der Waals surface area contributed by atoms with Crippen LogP contribution in [0.15, 0.2) is 24.3 Å². The first kappa shape index (κ1) is 17.2. The smallest absolute Gasteiger partial charge is 0.0817 e. The minimum Gasteiger partial charge on any atom is -0.376 e. The van der Waals surface area contributed by atoms with Crippen molar-refractivity contribution in [3.05, 3.63) is 35.4 Å². The number of ether oxygens (including phenoxy) is 1. The van der Waals surface area contributed by atoms with Crippen LogP contribution < -0.4 is 5.32 Å². The molecule has 1 aromatic rings. The fourth-order valence-electron chi connectivity index (χ4n) is 2.50. The third-order valence-corrected chi connectivity index (χ3v) is 3.55. The Bertz CT molecular complexity index is 377. The van der Waals surface area contributed by atoms with Crippen LogP contribution in [-0.4, -0.2) is 19.3 Å². The largest absolute Gasteiger partial charge is 0.376 e. The molecule has 1 aromatic carbocycles. The van der Waals surface area contributed by atoms with Crippen molar-refractivity contribution in [1.29, 1.82) is 0 Å². The van der Waals surface area contributed by atoms with E-state index in [0.717, 1.165) is 19.6 Å². The van der Waals surface area contributed by atoms with Crippen molar-refractivity contribution in [3.63, 3.8) is 0 Å². The molecule has 2 atom stereocenters. The number of nitrogens with one attached hydrogen (secondary N) is 1. The van der Waals surface area contributed by atoms with Crippen LogP contribution in [0, 0.1) is 12.3 Å². The first-order valence-corrected chi connectivity index (χ1v) is 7.81. The third kappa shape index (κ3) is 4.92. The van der Waals surface area contributed by atoms with Crippen molar-refractivity contribution >= 4 is 0 Å². The molecule has 0 aliphatic rings. The van der Waals surface area contributed by atoms with Crippen molar-refractivity contribution < 1.29 is 4.74 Å². The summed E-state index contributed by atoms with van der Waals surface area (Å²) < 4.78 is 6.09. The van der Waals surface area contributed by atoms with Crippen molar-refractivity contribution in [2.45, 2.75) is 60.1 Å². The molecule has 0 spiro atoms. The fourth-order valence-corrected chi connectivity index (χ4v) is 2.50. The van der Waals surface area contributed by atoms with Crippen LogP contribution in [0.5, 0.6) is 0 Å². The molecular weight excluding hydrogens is 246 g/mol. The number of rotatable bonds is 7. The molecule has 0 aromatic heterocycles. The lowest BCUT2D eigenvalue weighted by Gasteiger charge is -2.37. The van der Waals surface area contributed by atoms with E-state index in [0.29, 0.717) is 0 Å². The van der Waals surface area contributed by atoms with Crippen molar-refractivity contribution in [2.24, 2.45) is 5.41 Å². The van der Waals surface area contributed by atoms with Gasteiger partial charge in [-0.1, -0.05) is 57.5 Å². The highest BCUT2D eigenvalue weighted by Crippen LogP contribution is 2.33. The predicted molar refractivity (Wildman–Crippen MR) is 87.1 cm³/mol. The maximum absolute atomic E-state index is 6.09. The van der Waals surface area contributed by atoms with Gasteiger partial charge in [-0.05, 0) is 37.8 Å². The quantitative estimate of drug-likeness (QED) is 0.793. The Kier molecular flexibility index (Phi) is 6.70. The Labute approximate surface area is 124 Å². The van der Waals surface area contributed by atoms with E-state index in [4.69, 9.17) is 4.74 Å². The molecule has 2 unspecified atom stereocenters. The molecule has 1 rings (SSSR count). The van der Waals surface area contributed by atoms with Gasteiger partial charge in [0.1, 0.15) is 0 Å². The summed E-state index contributed by atoms with van der Waals surface area (Å²) in [7, 11) is 0. The minimum atomic E-state index is 0.103. The van der Waals surface area contributed by atoms with Gasteiger partial charge in [-0.3, -0.25) is 0 Å². The molecular formula is C18H31NO. The summed E-state index contributed by atoms with van der Waals surface area (Å²) >= 11 is 0. The molecule has 0 aliphatic carbocycles. The molecule has 2 heteroatoms. The molecule has 0 saturated heterocycles. The maximum atomic E-state index is 6.09. The van der Waals surface area contributed by atoms with Crippen LogP contribution in [0.25, 0.3) is 0 Å². The van der Waals surface area contributed by atoms with Crippen LogP contribution >= 0.6 is 0 Å². The molecule has 0 bridgehead atoms. The summed E-state index contributed by atoms with van der Waals surface area (Å²) in [6, 6.07) is 9.06. The molecule has 0 radical (unpaired) electrons. The molecule has 0 amide bonds. The van der Waals surface area contributed by atoms with E-state index >= 15 is 0 Å². The van der Waals surface area contributed by atoms with E-state index < -0.39 is 0 Å². The average molecular weight is 277 g/mol. The predicted octanol–water partition coefficient (Wildman–Crippen LogP) is 4.49. The lowest BCUT2D eigenvalue weighted by molar-refractivity contribution is -0.0365. The van der Waals surface area contributed by atoms with Crippen LogP contribution in [-0.2, 0) is 4.74 Å². The molecule has 0 fully saturated rings. The second kappa shape index (κ2) is 7.80. The van der Waals surface area contributed by atoms with Gasteiger partial charge in [0, 0.05) is 6.61 Å². The van der Waals surface area contributed by atoms with E-state index in [9.17, 15) is 0 Å². The summed E-state index contributed by atoms with van der Waals surface area (Å²) in [6.07, 6.45) is 1.30. The summed E-state index contributed by atoms with van der Waals surface area (Å²) in [5, 5.41) is 3.67. The Morgan fingerprint density at radius 3 is 2.15 bits per heavy atom. The molecule has 0 saturated carbocycles. The van der Waals surface area contributed by atoms with Gasteiger partial charge in [0.15, 0.2) is 0 Å². The van der Waals surface area contributed by atoms with Crippen LogP contribution in [0.1, 0.15) is 58.2 Å². The Morgan fingerprint density at radius 1 is 1.10 bits per heavy atom. The molecule has 0 aliphatic heterocycles. The number of benzene rings is 1. The molecule has 20 heavy (non-hydrogen) atoms. The van der Waals surface area contributed by atoms with Gasteiger partial charge < -0.3 is 10.1 Å². The van der Waals surface area contributed by atoms with E-state index in [1.807, 2.05) is 0 Å². The topological polar surface area (TPSA) is 21.3 Å². The number of aryl methyl sites for hydroxylation is 1. The summed E-state index contributed by atoms with van der Waals surface area (Å²) in [6.45, 7) is 14.9. The van der Waals surface area contributed by atoms with E-state index in [-0.39, 0.29) is 17.6 Å². The van der Waals surface area contributed by atoms with Crippen LogP contribution in [0.2, 0.25) is 0 Å². The fraction of sp³-hybridized carbons (Fsp3) is 0.667. The second-order valence-electron chi connectivity index (χ2n) is 6.58. The normalized spacial score (nSPS) is 15.1. The SMILES string of the molecule is CCCNC(c1ccc(C)cc1)C(OCC)C(C)(C)C. The van der Waals surface area contributed by atoms with E-state index in [1.165, 1.54) is 11.1 Å². The van der Waals surface area contributed by atoms with Gasteiger partial charge in [0.25, 0.3) is 0 Å². The molecule has 114 valence electrons. The van der Waals surface area contributed by atoms with Gasteiger partial charge in [-0.15, -0.1) is 0 Å². The summed E-state index contributed by atoms with van der Waals surface area (Å²) in [5.74, 6) is 0. The van der Waals surface area contributed by atoms with Gasteiger partial charge in [-0.2, -0.15) is 0 Å². The summed E-state index contributed by atoms with van der Waals surface area (Å²) in [4.78, 5) is 0. The number of hydrogen-bond acceptors (Lipinski definition) is 2. The molecule has 1 N–H and O–H groups in total. The van der Waals surface area contributed by atoms with Gasteiger partial charge >= 0.3 is 0 Å². The van der Waals surface area contributed by atoms with E-state index in [1.54, 1.807) is 0 Å². The van der Waals surface area contributed by atoms with Crippen molar-refractivity contribution in [3.8, 4) is 0 Å². The van der Waals surface area contributed by atoms with Gasteiger partial charge in [0.05, 0.1) is 12.1 Å². The third-order valence-electron chi connectivity index (χ3n) is 3.55. The standard InChI is InChI=1S/C18H31NO/c1-7-13-19-16(15-11-9-14(3)10-12-15)17(20-8-2)18(4,5)6/h9-12,16-17,19H,7-8,13H2,1-6H3. The zero-order valence-electron chi connectivity index (χ0n) is 14.0. The van der Waals surface area contributed by atoms with Crippen molar-refractivity contribution in [2.75, 3.05) is 13.2 Å². The second-order valence-corrected chi connectivity index (χ2v) is 6.58. The van der Waals surface area contributed by atoms with Gasteiger partial charge in [0.2, 0.25) is 0 Å². The Hall–Kier alpha value is -0.860. The first-order valence-electron chi connectivity index (χ1n) is 7.81. The lowest BCUT2D eigenvalue weighted by Crippen LogP contribution is -2.42. The highest BCUT2D eigenvalue weighted by Gasteiger charge is 2.33. The zero-order chi connectivity index (χ0) is 15.2. The van der Waals surface area contributed by atoms with E-state index in [2.05, 4.69) is 71.1 Å². The summed E-state index contributed by atoms with van der Waals surface area (Å²) in [5.41, 5.74) is 2.72. The Balaban J connectivity index is 3.04. The monoisotopic (exact) mass is 277 g/mol. The number of hydrogen-bond donors (Lipinski definition) is 1.